The number of benzene rings is 3. The standard InChI is InChI=1S/C27H27F3N4O6S/c1-38-16-25(35)33-14-19(32-41(31,37)18-12-10-17(11-13-18)40-27(28,29)30)26(36)22(15-33)34-20-6-2-4-8-23(20)39-24-9-5-3-7-21(24)34/h2-13,19,22,26,36H,14-16H2,1H3,(H2,31,32,37). The molecule has 0 aromatic heterocycles. The Kier molecular flexibility index (Phi) is 7.83. The van der Waals surface area contributed by atoms with Crippen LogP contribution in [0.5, 0.6) is 17.2 Å². The molecular formula is C27H27F3N4O6S. The lowest BCUT2D eigenvalue weighted by Crippen LogP contribution is -2.66. The highest BCUT2D eigenvalue weighted by molar-refractivity contribution is 7.90. The van der Waals surface area contributed by atoms with Crippen molar-refractivity contribution in [1.29, 1.82) is 4.78 Å². The number of alkyl halides is 3. The lowest BCUT2D eigenvalue weighted by atomic mass is 9.94. The zero-order chi connectivity index (χ0) is 29.4. The van der Waals surface area contributed by atoms with E-state index >= 15 is 0 Å². The minimum Gasteiger partial charge on any atom is -0.453 e. The van der Waals surface area contributed by atoms with Crippen LogP contribution >= 0.6 is 0 Å². The predicted octanol–water partition coefficient (Wildman–Crippen LogP) is 4.03. The van der Waals surface area contributed by atoms with Gasteiger partial charge in [0.25, 0.3) is 0 Å². The number of amides is 1. The van der Waals surface area contributed by atoms with E-state index in [0.29, 0.717) is 22.9 Å². The summed E-state index contributed by atoms with van der Waals surface area (Å²) in [7, 11) is -2.47. The summed E-state index contributed by atoms with van der Waals surface area (Å²) in [6, 6.07) is 16.7. The number of hydrogen-bond acceptors (Lipinski definition) is 8. The van der Waals surface area contributed by atoms with Gasteiger partial charge >= 0.3 is 6.36 Å². The molecule has 1 fully saturated rings. The Morgan fingerprint density at radius 2 is 1.63 bits per heavy atom. The third kappa shape index (κ3) is 6.10. The van der Waals surface area contributed by atoms with Gasteiger partial charge in [-0.3, -0.25) is 4.79 Å². The van der Waals surface area contributed by atoms with Crippen molar-refractivity contribution in [3.63, 3.8) is 0 Å². The summed E-state index contributed by atoms with van der Waals surface area (Å²) in [6.07, 6.45) is -6.15. The van der Waals surface area contributed by atoms with Gasteiger partial charge < -0.3 is 29.1 Å². The van der Waals surface area contributed by atoms with Crippen molar-refractivity contribution in [2.24, 2.45) is 0 Å². The van der Waals surface area contributed by atoms with Crippen molar-refractivity contribution in [3.8, 4) is 17.2 Å². The lowest BCUT2D eigenvalue weighted by molar-refractivity contribution is -0.274. The molecule has 4 unspecified atom stereocenters. The van der Waals surface area contributed by atoms with Gasteiger partial charge in [0.1, 0.15) is 22.3 Å². The van der Waals surface area contributed by atoms with E-state index in [1.807, 2.05) is 29.2 Å². The second kappa shape index (κ2) is 11.2. The van der Waals surface area contributed by atoms with E-state index in [1.165, 1.54) is 12.0 Å². The van der Waals surface area contributed by atoms with Crippen LogP contribution in [-0.4, -0.2) is 71.5 Å². The van der Waals surface area contributed by atoms with Gasteiger partial charge in [0.2, 0.25) is 5.91 Å². The maximum Gasteiger partial charge on any atom is 0.573 e. The molecule has 218 valence electrons. The van der Waals surface area contributed by atoms with Crippen molar-refractivity contribution in [3.05, 3.63) is 72.8 Å². The molecule has 0 spiro atoms. The van der Waals surface area contributed by atoms with Crippen LogP contribution in [0.4, 0.5) is 24.5 Å². The average Bonchev–Trinajstić information content (AvgIpc) is 2.92. The first-order valence-corrected chi connectivity index (χ1v) is 14.0. The van der Waals surface area contributed by atoms with E-state index in [2.05, 4.69) is 9.46 Å². The van der Waals surface area contributed by atoms with Gasteiger partial charge in [0, 0.05) is 20.2 Å². The van der Waals surface area contributed by atoms with Crippen LogP contribution in [0.25, 0.3) is 0 Å². The Balaban J connectivity index is 1.48. The fraction of sp³-hybridized carbons (Fsp3) is 0.296. The fourth-order valence-electron chi connectivity index (χ4n) is 4.99. The molecule has 10 nitrogen and oxygen atoms in total. The number of methoxy groups -OCH3 is 1. The highest BCUT2D eigenvalue weighted by Gasteiger charge is 2.44. The van der Waals surface area contributed by atoms with Crippen LogP contribution in [-0.2, 0) is 19.4 Å². The molecule has 0 aliphatic carbocycles. The molecule has 1 amide bonds. The highest BCUT2D eigenvalue weighted by atomic mass is 32.2. The van der Waals surface area contributed by atoms with Crippen molar-refractivity contribution < 1.29 is 41.5 Å². The maximum atomic E-state index is 13.5. The Hall–Kier alpha value is -3.85. The smallest absolute Gasteiger partial charge is 0.453 e. The summed E-state index contributed by atoms with van der Waals surface area (Å²) in [4.78, 5) is 16.2. The van der Waals surface area contributed by atoms with E-state index in [1.54, 1.807) is 24.3 Å². The molecule has 3 aromatic rings. The summed E-state index contributed by atoms with van der Waals surface area (Å²) in [5.41, 5.74) is 1.28. The number of ether oxygens (including phenoxy) is 3. The van der Waals surface area contributed by atoms with Gasteiger partial charge in [-0.2, -0.15) is 0 Å². The number of anilines is 2. The molecule has 1 saturated heterocycles. The number of nitrogens with zero attached hydrogens (tertiary/aromatic N) is 2. The van der Waals surface area contributed by atoms with Crippen LogP contribution in [0.3, 0.4) is 0 Å². The molecule has 0 radical (unpaired) electrons. The number of halogens is 3. The number of fused-ring (bicyclic) bond motifs is 2. The van der Waals surface area contributed by atoms with E-state index in [4.69, 9.17) is 14.3 Å². The molecule has 41 heavy (non-hydrogen) atoms. The van der Waals surface area contributed by atoms with Crippen LogP contribution in [0, 0.1) is 4.78 Å². The number of piperidine rings is 1. The van der Waals surface area contributed by atoms with E-state index in [0.717, 1.165) is 24.3 Å². The molecule has 0 bridgehead atoms. The first-order valence-electron chi connectivity index (χ1n) is 12.5. The molecule has 0 saturated carbocycles. The van der Waals surface area contributed by atoms with Crippen LogP contribution in [0.2, 0.25) is 0 Å². The molecule has 2 aliphatic rings. The summed E-state index contributed by atoms with van der Waals surface area (Å²) in [5, 5.41) is 11.7. The normalized spacial score (nSPS) is 21.7. The van der Waals surface area contributed by atoms with Crippen molar-refractivity contribution in [2.75, 3.05) is 31.7 Å². The summed E-state index contributed by atoms with van der Waals surface area (Å²) < 4.78 is 77.3. The first-order chi connectivity index (χ1) is 19.5. The quantitative estimate of drug-likeness (QED) is 0.379. The zero-order valence-corrected chi connectivity index (χ0v) is 22.5. The topological polar surface area (TPSA) is 124 Å². The Morgan fingerprint density at radius 3 is 2.20 bits per heavy atom. The van der Waals surface area contributed by atoms with Gasteiger partial charge in [-0.05, 0) is 48.5 Å². The third-order valence-corrected chi connectivity index (χ3v) is 8.33. The van der Waals surface area contributed by atoms with Gasteiger partial charge in [-0.15, -0.1) is 13.2 Å². The van der Waals surface area contributed by atoms with Crippen LogP contribution in [0.1, 0.15) is 0 Å². The Morgan fingerprint density at radius 1 is 1.05 bits per heavy atom. The predicted molar refractivity (Wildman–Crippen MR) is 143 cm³/mol. The summed E-state index contributed by atoms with van der Waals surface area (Å²) in [6.45, 7) is -0.256. The van der Waals surface area contributed by atoms with Crippen LogP contribution in [0.15, 0.2) is 77.7 Å². The number of carbonyl (C=O) groups excluding carboxylic acids is 1. The molecule has 5 rings (SSSR count). The van der Waals surface area contributed by atoms with Gasteiger partial charge in [-0.1, -0.05) is 24.3 Å². The van der Waals surface area contributed by atoms with Crippen molar-refractivity contribution in [1.82, 2.24) is 9.62 Å². The molecule has 3 aromatic carbocycles. The summed E-state index contributed by atoms with van der Waals surface area (Å²) in [5.74, 6) is 0.161. The molecule has 14 heteroatoms. The van der Waals surface area contributed by atoms with Crippen molar-refractivity contribution in [2.45, 2.75) is 29.4 Å². The van der Waals surface area contributed by atoms with Gasteiger partial charge in [0.15, 0.2) is 11.5 Å². The minimum absolute atomic E-state index is 0.0763. The van der Waals surface area contributed by atoms with Crippen LogP contribution < -0.4 is 19.1 Å². The number of likely N-dealkylation sites (tertiary alicyclic amines) is 1. The van der Waals surface area contributed by atoms with Crippen molar-refractivity contribution >= 4 is 27.2 Å². The lowest BCUT2D eigenvalue weighted by Gasteiger charge is -2.48. The van der Waals surface area contributed by atoms with E-state index in [-0.39, 0.29) is 30.5 Å². The highest BCUT2D eigenvalue weighted by Crippen LogP contribution is 2.48. The largest absolute Gasteiger partial charge is 0.573 e. The first kappa shape index (κ1) is 28.7. The Bertz CT molecular complexity index is 1470. The molecule has 2 heterocycles. The average molecular weight is 593 g/mol. The second-order valence-corrected chi connectivity index (χ2v) is 11.3. The number of aliphatic hydroxyl groups is 1. The maximum absolute atomic E-state index is 13.5. The number of aliphatic hydroxyl groups excluding tert-OH is 1. The summed E-state index contributed by atoms with van der Waals surface area (Å²) >= 11 is 0. The zero-order valence-electron chi connectivity index (χ0n) is 21.7. The molecule has 2 aliphatic heterocycles. The monoisotopic (exact) mass is 592 g/mol. The van der Waals surface area contributed by atoms with E-state index < -0.39 is 40.2 Å². The van der Waals surface area contributed by atoms with Gasteiger partial charge in [-0.25, -0.2) is 13.7 Å². The van der Waals surface area contributed by atoms with Gasteiger partial charge in [0.05, 0.1) is 34.5 Å². The third-order valence-electron chi connectivity index (χ3n) is 6.76. The number of carbonyl (C=O) groups is 1. The van der Waals surface area contributed by atoms with E-state index in [9.17, 15) is 27.3 Å². The number of para-hydroxylation sites is 4. The molecule has 3 N–H and O–H groups in total. The SMILES string of the molecule is COCC(=O)N1CC(NS(=N)(=O)c2ccc(OC(F)(F)F)cc2)C(O)C(N2c3ccccc3Oc3ccccc32)C1. The Labute approximate surface area is 234 Å². The minimum atomic E-state index is -4.90. The molecule has 4 atom stereocenters. The molecular weight excluding hydrogens is 565 g/mol. The second-order valence-electron chi connectivity index (χ2n) is 9.50. The fourth-order valence-corrected chi connectivity index (χ4v) is 6.28. The number of rotatable bonds is 7. The number of nitrogens with one attached hydrogen (secondary N) is 2. The number of hydrogen-bond donors (Lipinski definition) is 3.